The van der Waals surface area contributed by atoms with Gasteiger partial charge in [-0.2, -0.15) is 0 Å². The lowest BCUT2D eigenvalue weighted by Crippen LogP contribution is -2.26. The summed E-state index contributed by atoms with van der Waals surface area (Å²) < 4.78 is 0. The minimum Gasteiger partial charge on any atom is -0.345 e. The molecule has 1 amide bonds. The van der Waals surface area contributed by atoms with E-state index in [0.29, 0.717) is 6.42 Å². The van der Waals surface area contributed by atoms with Crippen molar-refractivity contribution >= 4 is 12.0 Å². The van der Waals surface area contributed by atoms with Crippen molar-refractivity contribution in [3.8, 4) is 0 Å². The summed E-state index contributed by atoms with van der Waals surface area (Å²) in [5.41, 5.74) is 2.09. The average Bonchev–Trinajstić information content (AvgIpc) is 2.54. The lowest BCUT2D eigenvalue weighted by atomic mass is 10.0. The van der Waals surface area contributed by atoms with E-state index in [4.69, 9.17) is 0 Å². The molecule has 21 heavy (non-hydrogen) atoms. The highest BCUT2D eigenvalue weighted by atomic mass is 16.1. The van der Waals surface area contributed by atoms with Gasteiger partial charge in [-0.25, -0.2) is 0 Å². The maximum atomic E-state index is 12.0. The molecule has 1 atom stereocenters. The first-order valence-corrected chi connectivity index (χ1v) is 6.99. The van der Waals surface area contributed by atoms with Crippen LogP contribution in [0.2, 0.25) is 0 Å². The van der Waals surface area contributed by atoms with E-state index in [9.17, 15) is 4.79 Å². The van der Waals surface area contributed by atoms with Crippen LogP contribution in [0.25, 0.3) is 6.08 Å². The maximum Gasteiger partial charge on any atom is 0.244 e. The Bertz CT molecular complexity index is 602. The molecular formula is C19H19NO. The molecule has 0 aliphatic rings. The van der Waals surface area contributed by atoms with Crippen molar-refractivity contribution in [2.75, 3.05) is 0 Å². The third-order valence-electron chi connectivity index (χ3n) is 3.15. The molecule has 0 spiro atoms. The van der Waals surface area contributed by atoms with Gasteiger partial charge in [0.1, 0.15) is 0 Å². The van der Waals surface area contributed by atoms with Crippen molar-refractivity contribution < 1.29 is 4.79 Å². The molecule has 0 saturated carbocycles. The van der Waals surface area contributed by atoms with Crippen molar-refractivity contribution in [1.29, 1.82) is 0 Å². The Morgan fingerprint density at radius 1 is 1.05 bits per heavy atom. The predicted octanol–water partition coefficient (Wildman–Crippen LogP) is 4.13. The van der Waals surface area contributed by atoms with Crippen molar-refractivity contribution in [1.82, 2.24) is 5.32 Å². The van der Waals surface area contributed by atoms with E-state index in [-0.39, 0.29) is 11.9 Å². The van der Waals surface area contributed by atoms with Crippen molar-refractivity contribution in [3.05, 3.63) is 90.5 Å². The number of nitrogens with one attached hydrogen (secondary N) is 1. The topological polar surface area (TPSA) is 29.1 Å². The number of amides is 1. The van der Waals surface area contributed by atoms with Crippen molar-refractivity contribution in [2.45, 2.75) is 12.5 Å². The fourth-order valence-corrected chi connectivity index (χ4v) is 2.09. The van der Waals surface area contributed by atoms with E-state index in [1.807, 2.05) is 72.8 Å². The Labute approximate surface area is 125 Å². The molecule has 0 unspecified atom stereocenters. The first-order chi connectivity index (χ1) is 10.3. The minimum atomic E-state index is -0.102. The lowest BCUT2D eigenvalue weighted by molar-refractivity contribution is -0.117. The lowest BCUT2D eigenvalue weighted by Gasteiger charge is -2.16. The van der Waals surface area contributed by atoms with Crippen LogP contribution in [0.15, 0.2) is 79.4 Å². The summed E-state index contributed by atoms with van der Waals surface area (Å²) >= 11 is 0. The van der Waals surface area contributed by atoms with Gasteiger partial charge < -0.3 is 5.32 Å². The fraction of sp³-hybridized carbons (Fsp3) is 0.105. The minimum absolute atomic E-state index is 0.0448. The van der Waals surface area contributed by atoms with Crippen molar-refractivity contribution in [2.24, 2.45) is 0 Å². The predicted molar refractivity (Wildman–Crippen MR) is 87.6 cm³/mol. The van der Waals surface area contributed by atoms with Crippen LogP contribution in [-0.4, -0.2) is 5.91 Å². The smallest absolute Gasteiger partial charge is 0.244 e. The van der Waals surface area contributed by atoms with Gasteiger partial charge in [0, 0.05) is 6.08 Å². The molecule has 2 rings (SSSR count). The molecule has 0 bridgehead atoms. The van der Waals surface area contributed by atoms with E-state index >= 15 is 0 Å². The maximum absolute atomic E-state index is 12.0. The molecule has 0 heterocycles. The molecule has 0 radical (unpaired) electrons. The molecule has 2 heteroatoms. The van der Waals surface area contributed by atoms with Crippen LogP contribution in [0.3, 0.4) is 0 Å². The summed E-state index contributed by atoms with van der Waals surface area (Å²) in [7, 11) is 0. The van der Waals surface area contributed by atoms with E-state index in [1.54, 1.807) is 6.08 Å². The highest BCUT2D eigenvalue weighted by Crippen LogP contribution is 2.16. The highest BCUT2D eigenvalue weighted by molar-refractivity contribution is 5.92. The molecule has 0 fully saturated rings. The SMILES string of the molecule is C=CC[C@@H](NC(=O)/C=C/c1ccccc1)c1ccccc1. The molecule has 1 N–H and O–H groups in total. The second-order valence-corrected chi connectivity index (χ2v) is 4.74. The number of rotatable bonds is 6. The van der Waals surface area contributed by atoms with Gasteiger partial charge >= 0.3 is 0 Å². The summed E-state index contributed by atoms with van der Waals surface area (Å²) in [6.07, 6.45) is 5.90. The second kappa shape index (κ2) is 7.85. The fourth-order valence-electron chi connectivity index (χ4n) is 2.09. The van der Waals surface area contributed by atoms with E-state index in [1.165, 1.54) is 0 Å². The van der Waals surface area contributed by atoms with Gasteiger partial charge in [0.05, 0.1) is 6.04 Å². The molecule has 106 valence electrons. The molecule has 0 aliphatic heterocycles. The zero-order chi connectivity index (χ0) is 14.9. The second-order valence-electron chi connectivity index (χ2n) is 4.74. The number of carbonyl (C=O) groups is 1. The third-order valence-corrected chi connectivity index (χ3v) is 3.15. The number of carbonyl (C=O) groups excluding carboxylic acids is 1. The van der Waals surface area contributed by atoms with Gasteiger partial charge in [0.2, 0.25) is 5.91 Å². The molecule has 2 aromatic carbocycles. The Morgan fingerprint density at radius 3 is 2.29 bits per heavy atom. The average molecular weight is 277 g/mol. The van der Waals surface area contributed by atoms with E-state index in [2.05, 4.69) is 11.9 Å². The quantitative estimate of drug-likeness (QED) is 0.624. The summed E-state index contributed by atoms with van der Waals surface area (Å²) in [5, 5.41) is 3.01. The van der Waals surface area contributed by atoms with Gasteiger partial charge in [-0.15, -0.1) is 6.58 Å². The summed E-state index contributed by atoms with van der Waals surface area (Å²) in [6.45, 7) is 3.76. The monoisotopic (exact) mass is 277 g/mol. The Morgan fingerprint density at radius 2 is 1.67 bits per heavy atom. The normalized spacial score (nSPS) is 12.0. The molecule has 0 aromatic heterocycles. The summed E-state index contributed by atoms with van der Waals surface area (Å²) in [6, 6.07) is 19.6. The van der Waals surface area contributed by atoms with Gasteiger partial charge in [-0.1, -0.05) is 66.7 Å². The molecule has 2 aromatic rings. The van der Waals surface area contributed by atoms with Crippen LogP contribution in [-0.2, 0) is 4.79 Å². The van der Waals surface area contributed by atoms with Gasteiger partial charge in [-0.3, -0.25) is 4.79 Å². The summed E-state index contributed by atoms with van der Waals surface area (Å²) in [4.78, 5) is 12.0. The van der Waals surface area contributed by atoms with Crippen LogP contribution >= 0.6 is 0 Å². The van der Waals surface area contributed by atoms with Crippen LogP contribution in [0.1, 0.15) is 23.6 Å². The first-order valence-electron chi connectivity index (χ1n) is 6.99. The Kier molecular flexibility index (Phi) is 5.53. The van der Waals surface area contributed by atoms with E-state index in [0.717, 1.165) is 11.1 Å². The van der Waals surface area contributed by atoms with Crippen LogP contribution < -0.4 is 5.32 Å². The zero-order valence-corrected chi connectivity index (χ0v) is 11.9. The van der Waals surface area contributed by atoms with E-state index < -0.39 is 0 Å². The standard InChI is InChI=1S/C19H19NO/c1-2-9-18(17-12-7-4-8-13-17)20-19(21)15-14-16-10-5-3-6-11-16/h2-8,10-15,18H,1,9H2,(H,20,21)/b15-14+/t18-/m1/s1. The molecule has 2 nitrogen and oxygen atoms in total. The van der Waals surface area contributed by atoms with Crippen LogP contribution in [0, 0.1) is 0 Å². The molecule has 0 aliphatic carbocycles. The third kappa shape index (κ3) is 4.77. The zero-order valence-electron chi connectivity index (χ0n) is 11.9. The van der Waals surface area contributed by atoms with Crippen LogP contribution in [0.5, 0.6) is 0 Å². The van der Waals surface area contributed by atoms with Gasteiger partial charge in [0.15, 0.2) is 0 Å². The largest absolute Gasteiger partial charge is 0.345 e. The molecule has 0 saturated heterocycles. The van der Waals surface area contributed by atoms with Crippen molar-refractivity contribution in [3.63, 3.8) is 0 Å². The number of hydrogen-bond acceptors (Lipinski definition) is 1. The number of hydrogen-bond donors (Lipinski definition) is 1. The summed E-state index contributed by atoms with van der Waals surface area (Å²) in [5.74, 6) is -0.102. The van der Waals surface area contributed by atoms with Gasteiger partial charge in [0.25, 0.3) is 0 Å². The van der Waals surface area contributed by atoms with Gasteiger partial charge in [-0.05, 0) is 23.6 Å². The first kappa shape index (κ1) is 14.8. The Balaban J connectivity index is 2.02. The molecular weight excluding hydrogens is 258 g/mol. The Hall–Kier alpha value is -2.61. The highest BCUT2D eigenvalue weighted by Gasteiger charge is 2.10. The van der Waals surface area contributed by atoms with Crippen LogP contribution in [0.4, 0.5) is 0 Å². The number of benzene rings is 2.